The number of anilines is 1. The molecule has 5 rings (SSSR count). The second-order valence-corrected chi connectivity index (χ2v) is 8.66. The van der Waals surface area contributed by atoms with E-state index in [-0.39, 0.29) is 5.91 Å². The Kier molecular flexibility index (Phi) is 5.20. The molecule has 3 aromatic heterocycles. The van der Waals surface area contributed by atoms with Crippen LogP contribution in [-0.4, -0.2) is 69.3 Å². The van der Waals surface area contributed by atoms with Gasteiger partial charge in [0.05, 0.1) is 5.69 Å². The van der Waals surface area contributed by atoms with Crippen LogP contribution in [0.2, 0.25) is 0 Å². The average Bonchev–Trinajstić information content (AvgIpc) is 3.38. The van der Waals surface area contributed by atoms with E-state index >= 15 is 0 Å². The molecule has 0 spiro atoms. The van der Waals surface area contributed by atoms with Gasteiger partial charge < -0.3 is 9.80 Å². The van der Waals surface area contributed by atoms with Gasteiger partial charge in [0.15, 0.2) is 10.7 Å². The molecular formula is C21H26N6OS. The minimum Gasteiger partial charge on any atom is -0.369 e. The first-order valence-corrected chi connectivity index (χ1v) is 11.3. The van der Waals surface area contributed by atoms with E-state index < -0.39 is 0 Å². The lowest BCUT2D eigenvalue weighted by Gasteiger charge is -2.36. The first-order valence-electron chi connectivity index (χ1n) is 10.4. The molecule has 2 saturated heterocycles. The molecular weight excluding hydrogens is 384 g/mol. The third-order valence-corrected chi connectivity index (χ3v) is 6.74. The summed E-state index contributed by atoms with van der Waals surface area (Å²) in [6.07, 6.45) is 9.15. The highest BCUT2D eigenvalue weighted by Crippen LogP contribution is 2.23. The van der Waals surface area contributed by atoms with Crippen molar-refractivity contribution >= 4 is 27.9 Å². The maximum Gasteiger partial charge on any atom is 0.274 e. The largest absolute Gasteiger partial charge is 0.369 e. The van der Waals surface area contributed by atoms with Gasteiger partial charge in [0, 0.05) is 75.5 Å². The minimum absolute atomic E-state index is 0.103. The molecule has 0 aromatic carbocycles. The Bertz CT molecular complexity index is 970. The van der Waals surface area contributed by atoms with Crippen molar-refractivity contribution in [2.24, 2.45) is 0 Å². The molecule has 3 aromatic rings. The predicted octanol–water partition coefficient (Wildman–Crippen LogP) is 2.74. The van der Waals surface area contributed by atoms with Crippen LogP contribution >= 0.6 is 11.3 Å². The number of amides is 1. The molecule has 0 radical (unpaired) electrons. The SMILES string of the molecule is O=C(c1nc2sccn2c1CN1CCN(c2ccncc2)CC1)N1CCCCC1. The van der Waals surface area contributed by atoms with Gasteiger partial charge in [-0.1, -0.05) is 0 Å². The fraction of sp³-hybridized carbons (Fsp3) is 0.476. The van der Waals surface area contributed by atoms with Crippen LogP contribution in [0.3, 0.4) is 0 Å². The van der Waals surface area contributed by atoms with Crippen LogP contribution in [0.5, 0.6) is 0 Å². The molecule has 5 heterocycles. The van der Waals surface area contributed by atoms with Gasteiger partial charge >= 0.3 is 0 Å². The van der Waals surface area contributed by atoms with Gasteiger partial charge in [-0.25, -0.2) is 4.98 Å². The number of aromatic nitrogens is 3. The molecule has 0 atom stereocenters. The van der Waals surface area contributed by atoms with Crippen LogP contribution in [0.4, 0.5) is 5.69 Å². The number of rotatable bonds is 4. The highest BCUT2D eigenvalue weighted by molar-refractivity contribution is 7.15. The van der Waals surface area contributed by atoms with E-state index in [0.717, 1.165) is 69.3 Å². The van der Waals surface area contributed by atoms with Gasteiger partial charge in [-0.15, -0.1) is 11.3 Å². The van der Waals surface area contributed by atoms with E-state index in [1.807, 2.05) is 28.9 Å². The Morgan fingerprint density at radius 3 is 2.52 bits per heavy atom. The van der Waals surface area contributed by atoms with Gasteiger partial charge in [0.2, 0.25) is 0 Å². The maximum atomic E-state index is 13.2. The summed E-state index contributed by atoms with van der Waals surface area (Å²) >= 11 is 1.59. The second kappa shape index (κ2) is 8.12. The molecule has 2 aliphatic heterocycles. The maximum absolute atomic E-state index is 13.2. The number of hydrogen-bond donors (Lipinski definition) is 0. The second-order valence-electron chi connectivity index (χ2n) is 7.78. The number of carbonyl (C=O) groups excluding carboxylic acids is 1. The number of carbonyl (C=O) groups is 1. The van der Waals surface area contributed by atoms with Gasteiger partial charge in [-0.2, -0.15) is 0 Å². The van der Waals surface area contributed by atoms with Crippen molar-refractivity contribution in [2.75, 3.05) is 44.2 Å². The monoisotopic (exact) mass is 410 g/mol. The summed E-state index contributed by atoms with van der Waals surface area (Å²) in [7, 11) is 0. The van der Waals surface area contributed by atoms with Crippen LogP contribution < -0.4 is 4.90 Å². The summed E-state index contributed by atoms with van der Waals surface area (Å²) in [5.41, 5.74) is 2.91. The average molecular weight is 411 g/mol. The molecule has 7 nitrogen and oxygen atoms in total. The first kappa shape index (κ1) is 18.6. The number of hydrogen-bond acceptors (Lipinski definition) is 6. The molecule has 2 fully saturated rings. The van der Waals surface area contributed by atoms with Crippen molar-refractivity contribution in [3.8, 4) is 0 Å². The number of likely N-dealkylation sites (tertiary alicyclic amines) is 1. The topological polar surface area (TPSA) is 57.0 Å². The molecule has 0 unspecified atom stereocenters. The van der Waals surface area contributed by atoms with Crippen LogP contribution in [0.1, 0.15) is 35.4 Å². The van der Waals surface area contributed by atoms with Gasteiger partial charge in [-0.05, 0) is 31.4 Å². The number of fused-ring (bicyclic) bond motifs is 1. The van der Waals surface area contributed by atoms with E-state index in [1.165, 1.54) is 12.1 Å². The van der Waals surface area contributed by atoms with Crippen LogP contribution in [0, 0.1) is 0 Å². The number of imidazole rings is 1. The normalized spacial score (nSPS) is 18.5. The van der Waals surface area contributed by atoms with Crippen LogP contribution in [-0.2, 0) is 6.54 Å². The third kappa shape index (κ3) is 3.74. The number of pyridine rings is 1. The summed E-state index contributed by atoms with van der Waals surface area (Å²) in [5, 5.41) is 2.04. The van der Waals surface area contributed by atoms with Gasteiger partial charge in [-0.3, -0.25) is 19.1 Å². The van der Waals surface area contributed by atoms with E-state index in [2.05, 4.69) is 31.3 Å². The van der Waals surface area contributed by atoms with E-state index in [0.29, 0.717) is 5.69 Å². The highest BCUT2D eigenvalue weighted by Gasteiger charge is 2.27. The lowest BCUT2D eigenvalue weighted by Crippen LogP contribution is -2.46. The first-order chi connectivity index (χ1) is 14.3. The molecule has 0 bridgehead atoms. The molecule has 152 valence electrons. The Morgan fingerprint density at radius 2 is 1.76 bits per heavy atom. The lowest BCUT2D eigenvalue weighted by atomic mass is 10.1. The molecule has 0 N–H and O–H groups in total. The quantitative estimate of drug-likeness (QED) is 0.662. The Balaban J connectivity index is 1.32. The standard InChI is InChI=1S/C21H26N6OS/c28-20(26-8-2-1-3-9-26)19-18(27-14-15-29-21(27)23-19)16-24-10-12-25(13-11-24)17-4-6-22-7-5-17/h4-7,14-15H,1-3,8-13,16H2. The van der Waals surface area contributed by atoms with Crippen molar-refractivity contribution in [2.45, 2.75) is 25.8 Å². The smallest absolute Gasteiger partial charge is 0.274 e. The fourth-order valence-electron chi connectivity index (χ4n) is 4.33. The zero-order chi connectivity index (χ0) is 19.6. The Morgan fingerprint density at radius 1 is 1.00 bits per heavy atom. The highest BCUT2D eigenvalue weighted by atomic mass is 32.1. The zero-order valence-corrected chi connectivity index (χ0v) is 17.4. The molecule has 29 heavy (non-hydrogen) atoms. The molecule has 2 aliphatic rings. The molecule has 1 amide bonds. The van der Waals surface area contributed by atoms with E-state index in [4.69, 9.17) is 4.98 Å². The molecule has 0 saturated carbocycles. The van der Waals surface area contributed by atoms with Crippen LogP contribution in [0.15, 0.2) is 36.1 Å². The number of piperidine rings is 1. The number of piperazine rings is 1. The summed E-state index contributed by atoms with van der Waals surface area (Å²) in [5.74, 6) is 0.103. The summed E-state index contributed by atoms with van der Waals surface area (Å²) in [4.78, 5) is 29.8. The van der Waals surface area contributed by atoms with Crippen molar-refractivity contribution in [3.63, 3.8) is 0 Å². The van der Waals surface area contributed by atoms with Crippen molar-refractivity contribution in [1.82, 2.24) is 24.2 Å². The molecule has 8 heteroatoms. The van der Waals surface area contributed by atoms with Crippen molar-refractivity contribution in [1.29, 1.82) is 0 Å². The third-order valence-electron chi connectivity index (χ3n) is 5.98. The Labute approximate surface area is 174 Å². The zero-order valence-electron chi connectivity index (χ0n) is 16.5. The molecule has 0 aliphatic carbocycles. The summed E-state index contributed by atoms with van der Waals surface area (Å²) in [6, 6.07) is 4.13. The lowest BCUT2D eigenvalue weighted by molar-refractivity contribution is 0.0716. The summed E-state index contributed by atoms with van der Waals surface area (Å²) in [6.45, 7) is 6.36. The number of thiazole rings is 1. The van der Waals surface area contributed by atoms with Crippen molar-refractivity contribution < 1.29 is 4.79 Å². The number of nitrogens with zero attached hydrogens (tertiary/aromatic N) is 6. The van der Waals surface area contributed by atoms with Gasteiger partial charge in [0.25, 0.3) is 5.91 Å². The van der Waals surface area contributed by atoms with E-state index in [1.54, 1.807) is 11.3 Å². The fourth-order valence-corrected chi connectivity index (χ4v) is 5.07. The minimum atomic E-state index is 0.103. The van der Waals surface area contributed by atoms with E-state index in [9.17, 15) is 4.79 Å². The van der Waals surface area contributed by atoms with Crippen molar-refractivity contribution in [3.05, 3.63) is 47.5 Å². The predicted molar refractivity (Wildman–Crippen MR) is 115 cm³/mol. The Hall–Kier alpha value is -2.45. The van der Waals surface area contributed by atoms with Gasteiger partial charge in [0.1, 0.15) is 0 Å². The van der Waals surface area contributed by atoms with Crippen LogP contribution in [0.25, 0.3) is 4.96 Å². The summed E-state index contributed by atoms with van der Waals surface area (Å²) < 4.78 is 2.11.